The number of piperidine rings is 1. The molecule has 1 aliphatic rings. The molecule has 0 bridgehead atoms. The van der Waals surface area contributed by atoms with Crippen molar-refractivity contribution < 1.29 is 0 Å². The van der Waals surface area contributed by atoms with E-state index < -0.39 is 0 Å². The number of hydrogen-bond acceptors (Lipinski definition) is 3. The van der Waals surface area contributed by atoms with E-state index in [2.05, 4.69) is 54.3 Å². The normalized spacial score (nSPS) is 18.9. The SMILES string of the molecule is CCCCN1CCCC[C@@H]1c1cccnc1Sc1ccccc1. The summed E-state index contributed by atoms with van der Waals surface area (Å²) in [6.45, 7) is 4.72. The molecule has 1 aliphatic heterocycles. The maximum atomic E-state index is 4.70. The van der Waals surface area contributed by atoms with E-state index in [4.69, 9.17) is 4.98 Å². The van der Waals surface area contributed by atoms with Gasteiger partial charge in [0.2, 0.25) is 0 Å². The van der Waals surface area contributed by atoms with E-state index in [9.17, 15) is 0 Å². The van der Waals surface area contributed by atoms with Crippen LogP contribution in [0.2, 0.25) is 0 Å². The first-order chi connectivity index (χ1) is 11.4. The number of rotatable bonds is 6. The predicted octanol–water partition coefficient (Wildman–Crippen LogP) is 5.56. The highest BCUT2D eigenvalue weighted by Gasteiger charge is 2.26. The molecule has 1 aromatic heterocycles. The molecule has 1 fully saturated rings. The van der Waals surface area contributed by atoms with Gasteiger partial charge in [0.1, 0.15) is 5.03 Å². The maximum Gasteiger partial charge on any atom is 0.105 e. The van der Waals surface area contributed by atoms with Crippen LogP contribution < -0.4 is 0 Å². The third kappa shape index (κ3) is 4.36. The van der Waals surface area contributed by atoms with Gasteiger partial charge >= 0.3 is 0 Å². The molecule has 2 nitrogen and oxygen atoms in total. The van der Waals surface area contributed by atoms with E-state index in [1.165, 1.54) is 60.7 Å². The van der Waals surface area contributed by atoms with Crippen LogP contribution in [-0.2, 0) is 0 Å². The van der Waals surface area contributed by atoms with Crippen molar-refractivity contribution in [2.24, 2.45) is 0 Å². The first-order valence-electron chi connectivity index (χ1n) is 8.80. The molecular weight excluding hydrogens is 300 g/mol. The summed E-state index contributed by atoms with van der Waals surface area (Å²) in [7, 11) is 0. The highest BCUT2D eigenvalue weighted by molar-refractivity contribution is 7.99. The molecule has 0 radical (unpaired) electrons. The summed E-state index contributed by atoms with van der Waals surface area (Å²) in [6, 6.07) is 15.5. The Kier molecular flexibility index (Phi) is 6.12. The number of pyridine rings is 1. The Morgan fingerprint density at radius 3 is 2.83 bits per heavy atom. The first-order valence-corrected chi connectivity index (χ1v) is 9.62. The molecule has 122 valence electrons. The molecule has 3 rings (SSSR count). The Morgan fingerprint density at radius 2 is 2.00 bits per heavy atom. The summed E-state index contributed by atoms with van der Waals surface area (Å²) in [6.07, 6.45) is 8.41. The number of hydrogen-bond donors (Lipinski definition) is 0. The van der Waals surface area contributed by atoms with Gasteiger partial charge in [-0.05, 0) is 50.6 Å². The van der Waals surface area contributed by atoms with Crippen molar-refractivity contribution in [3.05, 3.63) is 54.2 Å². The molecule has 0 unspecified atom stereocenters. The lowest BCUT2D eigenvalue weighted by Gasteiger charge is -2.36. The monoisotopic (exact) mass is 326 g/mol. The summed E-state index contributed by atoms with van der Waals surface area (Å²) >= 11 is 1.80. The van der Waals surface area contributed by atoms with E-state index in [-0.39, 0.29) is 0 Å². The molecular formula is C20H26N2S. The minimum Gasteiger partial charge on any atom is -0.296 e. The standard InChI is InChI=1S/C20H26N2S/c1-2-3-15-22-16-8-7-13-19(22)18-12-9-14-21-20(18)23-17-10-5-4-6-11-17/h4-6,9-12,14,19H,2-3,7-8,13,15-16H2,1H3/t19-/m1/s1. The largest absolute Gasteiger partial charge is 0.296 e. The first kappa shape index (κ1) is 16.5. The zero-order chi connectivity index (χ0) is 15.9. The Labute approximate surface area is 144 Å². The fraction of sp³-hybridized carbons (Fsp3) is 0.450. The average Bonchev–Trinajstić information content (AvgIpc) is 2.62. The lowest BCUT2D eigenvalue weighted by molar-refractivity contribution is 0.144. The summed E-state index contributed by atoms with van der Waals surface area (Å²) in [5.41, 5.74) is 1.41. The van der Waals surface area contributed by atoms with Crippen LogP contribution in [0.1, 0.15) is 50.6 Å². The van der Waals surface area contributed by atoms with Crippen LogP contribution in [0.25, 0.3) is 0 Å². The number of likely N-dealkylation sites (tertiary alicyclic amines) is 1. The molecule has 23 heavy (non-hydrogen) atoms. The molecule has 2 heterocycles. The number of unbranched alkanes of at least 4 members (excludes halogenated alkanes) is 1. The molecule has 3 heteroatoms. The Bertz CT molecular complexity index is 600. The van der Waals surface area contributed by atoms with Gasteiger partial charge in [0.05, 0.1) is 0 Å². The third-order valence-electron chi connectivity index (χ3n) is 4.53. The summed E-state index contributed by atoms with van der Waals surface area (Å²) in [4.78, 5) is 8.65. The lowest BCUT2D eigenvalue weighted by atomic mass is 9.96. The fourth-order valence-electron chi connectivity index (χ4n) is 3.31. The van der Waals surface area contributed by atoms with Gasteiger partial charge in [-0.15, -0.1) is 0 Å². The van der Waals surface area contributed by atoms with Crippen LogP contribution in [-0.4, -0.2) is 23.0 Å². The van der Waals surface area contributed by atoms with Crippen LogP contribution in [0, 0.1) is 0 Å². The van der Waals surface area contributed by atoms with Crippen molar-refractivity contribution >= 4 is 11.8 Å². The number of nitrogens with zero attached hydrogens (tertiary/aromatic N) is 2. The Balaban J connectivity index is 1.83. The molecule has 0 aliphatic carbocycles. The molecule has 2 aromatic rings. The van der Waals surface area contributed by atoms with E-state index >= 15 is 0 Å². The van der Waals surface area contributed by atoms with Crippen LogP contribution in [0.4, 0.5) is 0 Å². The van der Waals surface area contributed by atoms with Crippen molar-refractivity contribution in [3.63, 3.8) is 0 Å². The topological polar surface area (TPSA) is 16.1 Å². The van der Waals surface area contributed by atoms with Crippen molar-refractivity contribution in [1.82, 2.24) is 9.88 Å². The Morgan fingerprint density at radius 1 is 1.13 bits per heavy atom. The highest BCUT2D eigenvalue weighted by atomic mass is 32.2. The predicted molar refractivity (Wildman–Crippen MR) is 97.9 cm³/mol. The molecule has 1 saturated heterocycles. The van der Waals surface area contributed by atoms with E-state index in [1.54, 1.807) is 11.8 Å². The molecule has 1 atom stereocenters. The van der Waals surface area contributed by atoms with Crippen molar-refractivity contribution in [2.45, 2.75) is 55.0 Å². The van der Waals surface area contributed by atoms with Crippen LogP contribution in [0.15, 0.2) is 58.6 Å². The van der Waals surface area contributed by atoms with Gasteiger partial charge in [0.25, 0.3) is 0 Å². The zero-order valence-corrected chi connectivity index (χ0v) is 14.8. The third-order valence-corrected chi connectivity index (χ3v) is 5.57. The molecule has 1 aromatic carbocycles. The summed E-state index contributed by atoms with van der Waals surface area (Å²) in [5.74, 6) is 0. The van der Waals surface area contributed by atoms with Gasteiger partial charge in [-0.2, -0.15) is 0 Å². The average molecular weight is 327 g/mol. The van der Waals surface area contributed by atoms with Gasteiger partial charge in [0, 0.05) is 22.7 Å². The minimum absolute atomic E-state index is 0.537. The van der Waals surface area contributed by atoms with Crippen molar-refractivity contribution in [3.8, 4) is 0 Å². The second-order valence-corrected chi connectivity index (χ2v) is 7.28. The molecule has 0 spiro atoms. The van der Waals surface area contributed by atoms with Crippen LogP contribution in [0.5, 0.6) is 0 Å². The Hall–Kier alpha value is -1.32. The van der Waals surface area contributed by atoms with E-state index in [0.29, 0.717) is 6.04 Å². The van der Waals surface area contributed by atoms with E-state index in [0.717, 1.165) is 0 Å². The van der Waals surface area contributed by atoms with E-state index in [1.807, 2.05) is 6.20 Å². The second-order valence-electron chi connectivity index (χ2n) is 6.21. The number of aromatic nitrogens is 1. The quantitative estimate of drug-likeness (QED) is 0.691. The fourth-order valence-corrected chi connectivity index (χ4v) is 4.27. The zero-order valence-electron chi connectivity index (χ0n) is 13.9. The van der Waals surface area contributed by atoms with Gasteiger partial charge in [-0.25, -0.2) is 4.98 Å². The van der Waals surface area contributed by atoms with Crippen molar-refractivity contribution in [2.75, 3.05) is 13.1 Å². The highest BCUT2D eigenvalue weighted by Crippen LogP contribution is 2.37. The van der Waals surface area contributed by atoms with Gasteiger partial charge < -0.3 is 0 Å². The number of benzene rings is 1. The molecule has 0 amide bonds. The summed E-state index contributed by atoms with van der Waals surface area (Å²) < 4.78 is 0. The summed E-state index contributed by atoms with van der Waals surface area (Å²) in [5, 5.41) is 1.17. The second kappa shape index (κ2) is 8.51. The van der Waals surface area contributed by atoms with Crippen molar-refractivity contribution in [1.29, 1.82) is 0 Å². The maximum absolute atomic E-state index is 4.70. The van der Waals surface area contributed by atoms with Gasteiger partial charge in [-0.1, -0.05) is 55.8 Å². The van der Waals surface area contributed by atoms with Crippen LogP contribution >= 0.6 is 11.8 Å². The van der Waals surface area contributed by atoms with Crippen LogP contribution in [0.3, 0.4) is 0 Å². The minimum atomic E-state index is 0.537. The molecule has 0 N–H and O–H groups in total. The van der Waals surface area contributed by atoms with Gasteiger partial charge in [-0.3, -0.25) is 4.90 Å². The lowest BCUT2D eigenvalue weighted by Crippen LogP contribution is -2.34. The molecule has 0 saturated carbocycles. The van der Waals surface area contributed by atoms with Gasteiger partial charge in [0.15, 0.2) is 0 Å². The smallest absolute Gasteiger partial charge is 0.105 e.